The minimum atomic E-state index is -0.608. The molecule has 0 bridgehead atoms. The maximum absolute atomic E-state index is 13.2. The van der Waals surface area contributed by atoms with Crippen LogP contribution in [0.3, 0.4) is 0 Å². The number of allylic oxidation sites excluding steroid dienone is 3. The van der Waals surface area contributed by atoms with Gasteiger partial charge in [0.2, 0.25) is 0 Å². The highest BCUT2D eigenvalue weighted by Crippen LogP contribution is 2.17. The molecular weight excluding hydrogens is 233 g/mol. The van der Waals surface area contributed by atoms with Crippen LogP contribution in [0.2, 0.25) is 0 Å². The number of anilines is 1. The average Bonchev–Trinajstić information content (AvgIpc) is 2.68. The molecule has 0 aliphatic carbocycles. The van der Waals surface area contributed by atoms with Crippen LogP contribution in [-0.4, -0.2) is 16.0 Å². The minimum Gasteiger partial charge on any atom is -0.400 e. The van der Waals surface area contributed by atoms with Crippen LogP contribution < -0.4 is 11.5 Å². The lowest BCUT2D eigenvalue weighted by Crippen LogP contribution is -2.01. The molecule has 0 aromatic carbocycles. The number of nitrogens with two attached hydrogens (primary N) is 2. The summed E-state index contributed by atoms with van der Waals surface area (Å²) in [7, 11) is 0. The van der Waals surface area contributed by atoms with Gasteiger partial charge in [0.15, 0.2) is 5.83 Å². The van der Waals surface area contributed by atoms with Crippen molar-refractivity contribution < 1.29 is 4.39 Å². The largest absolute Gasteiger partial charge is 0.400 e. The van der Waals surface area contributed by atoms with E-state index in [4.69, 9.17) is 11.5 Å². The molecule has 5 nitrogen and oxygen atoms in total. The highest BCUT2D eigenvalue weighted by atomic mass is 19.1. The quantitative estimate of drug-likeness (QED) is 0.802. The van der Waals surface area contributed by atoms with Crippen LogP contribution in [0.4, 0.5) is 10.1 Å². The Morgan fingerprint density at radius 2 is 2.28 bits per heavy atom. The molecule has 0 saturated carbocycles. The summed E-state index contributed by atoms with van der Waals surface area (Å²) in [6.45, 7) is 6.99. The highest BCUT2D eigenvalue weighted by molar-refractivity contribution is 5.80. The van der Waals surface area contributed by atoms with Crippen LogP contribution in [-0.2, 0) is 0 Å². The summed E-state index contributed by atoms with van der Waals surface area (Å²) in [5, 5.41) is 4.01. The molecule has 1 aromatic rings. The lowest BCUT2D eigenvalue weighted by Gasteiger charge is -2.03. The standard InChI is InChI=1S/C12H16FN5/c1-4-5-12-11(15)7-17-18(12)9(3)16-6-10(13)8(2)14/h4-7H,3,14-15H2,1-2H3/b5-4-,10-8-,16-6-. The van der Waals surface area contributed by atoms with Gasteiger partial charge in [-0.3, -0.25) is 0 Å². The molecule has 18 heavy (non-hydrogen) atoms. The number of rotatable bonds is 4. The van der Waals surface area contributed by atoms with Gasteiger partial charge >= 0.3 is 0 Å². The van der Waals surface area contributed by atoms with Crippen LogP contribution in [0.5, 0.6) is 0 Å². The summed E-state index contributed by atoms with van der Waals surface area (Å²) < 4.78 is 14.6. The fourth-order valence-electron chi connectivity index (χ4n) is 1.19. The monoisotopic (exact) mass is 249 g/mol. The predicted molar refractivity (Wildman–Crippen MR) is 73.2 cm³/mol. The average molecular weight is 249 g/mol. The number of aliphatic imine (C=N–C) groups is 1. The molecule has 0 amide bonds. The van der Waals surface area contributed by atoms with Crippen molar-refractivity contribution in [3.63, 3.8) is 0 Å². The Morgan fingerprint density at radius 1 is 1.61 bits per heavy atom. The van der Waals surface area contributed by atoms with E-state index in [0.717, 1.165) is 6.21 Å². The Labute approximate surface area is 105 Å². The zero-order valence-corrected chi connectivity index (χ0v) is 10.4. The van der Waals surface area contributed by atoms with E-state index in [-0.39, 0.29) is 11.5 Å². The van der Waals surface area contributed by atoms with Crippen LogP contribution in [0.15, 0.2) is 35.4 Å². The Bertz CT molecular complexity index is 533. The number of nitrogen functional groups attached to an aromatic ring is 1. The first kappa shape index (κ1) is 13.7. The Kier molecular flexibility index (Phi) is 4.42. The molecule has 96 valence electrons. The SMILES string of the molecule is C=C(/N=C\C(F)=C(/C)N)n1ncc(N)c1/C=C\C. The zero-order valence-electron chi connectivity index (χ0n) is 10.4. The van der Waals surface area contributed by atoms with Crippen molar-refractivity contribution in [2.45, 2.75) is 13.8 Å². The highest BCUT2D eigenvalue weighted by Gasteiger charge is 2.07. The maximum atomic E-state index is 13.2. The number of nitrogens with zero attached hydrogens (tertiary/aromatic N) is 3. The van der Waals surface area contributed by atoms with E-state index in [2.05, 4.69) is 16.7 Å². The molecule has 0 radical (unpaired) electrons. The molecule has 0 atom stereocenters. The zero-order chi connectivity index (χ0) is 13.7. The van der Waals surface area contributed by atoms with Crippen LogP contribution in [0.25, 0.3) is 11.9 Å². The van der Waals surface area contributed by atoms with Gasteiger partial charge in [-0.15, -0.1) is 0 Å². The third-order valence-electron chi connectivity index (χ3n) is 2.11. The number of hydrogen-bond donors (Lipinski definition) is 2. The van der Waals surface area contributed by atoms with Gasteiger partial charge in [0.25, 0.3) is 0 Å². The summed E-state index contributed by atoms with van der Waals surface area (Å²) in [5.41, 5.74) is 12.2. The number of halogens is 1. The van der Waals surface area contributed by atoms with E-state index in [1.807, 2.05) is 13.0 Å². The van der Waals surface area contributed by atoms with Crippen molar-refractivity contribution in [2.75, 3.05) is 5.73 Å². The van der Waals surface area contributed by atoms with E-state index in [0.29, 0.717) is 11.4 Å². The second-order valence-corrected chi connectivity index (χ2v) is 3.60. The first-order valence-electron chi connectivity index (χ1n) is 5.28. The van der Waals surface area contributed by atoms with E-state index in [1.165, 1.54) is 17.8 Å². The van der Waals surface area contributed by atoms with Crippen LogP contribution >= 0.6 is 0 Å². The van der Waals surface area contributed by atoms with Crippen LogP contribution in [0, 0.1) is 0 Å². The fourth-order valence-corrected chi connectivity index (χ4v) is 1.19. The normalized spacial score (nSPS) is 13.3. The molecule has 0 saturated heterocycles. The summed E-state index contributed by atoms with van der Waals surface area (Å²) in [4.78, 5) is 3.85. The minimum absolute atomic E-state index is 0.0557. The second kappa shape index (κ2) is 5.81. The number of aromatic nitrogens is 2. The maximum Gasteiger partial charge on any atom is 0.159 e. The molecule has 6 heteroatoms. The van der Waals surface area contributed by atoms with E-state index in [9.17, 15) is 4.39 Å². The van der Waals surface area contributed by atoms with Crippen molar-refractivity contribution in [1.29, 1.82) is 0 Å². The van der Waals surface area contributed by atoms with Gasteiger partial charge in [-0.05, 0) is 19.9 Å². The first-order valence-corrected chi connectivity index (χ1v) is 5.28. The fraction of sp³-hybridized carbons (Fsp3) is 0.167. The van der Waals surface area contributed by atoms with Crippen molar-refractivity contribution in [3.8, 4) is 0 Å². The molecule has 0 aliphatic rings. The van der Waals surface area contributed by atoms with E-state index < -0.39 is 5.83 Å². The first-order chi connectivity index (χ1) is 8.47. The molecule has 0 fully saturated rings. The molecule has 1 rings (SSSR count). The summed E-state index contributed by atoms with van der Waals surface area (Å²) >= 11 is 0. The second-order valence-electron chi connectivity index (χ2n) is 3.60. The molecule has 1 aromatic heterocycles. The van der Waals surface area contributed by atoms with E-state index in [1.54, 1.807) is 6.08 Å². The smallest absolute Gasteiger partial charge is 0.159 e. The van der Waals surface area contributed by atoms with Gasteiger partial charge in [0.05, 0.1) is 23.8 Å². The van der Waals surface area contributed by atoms with Crippen molar-refractivity contribution in [1.82, 2.24) is 9.78 Å². The summed E-state index contributed by atoms with van der Waals surface area (Å²) in [6, 6.07) is 0. The third kappa shape index (κ3) is 3.07. The third-order valence-corrected chi connectivity index (χ3v) is 2.11. The summed E-state index contributed by atoms with van der Waals surface area (Å²) in [5.74, 6) is -0.361. The van der Waals surface area contributed by atoms with Crippen molar-refractivity contribution in [3.05, 3.63) is 36.1 Å². The topological polar surface area (TPSA) is 82.2 Å². The van der Waals surface area contributed by atoms with Gasteiger partial charge in [0.1, 0.15) is 5.82 Å². The Hall–Kier alpha value is -2.37. The molecule has 0 spiro atoms. The molecule has 0 unspecified atom stereocenters. The van der Waals surface area contributed by atoms with Gasteiger partial charge in [-0.25, -0.2) is 14.1 Å². The lowest BCUT2D eigenvalue weighted by molar-refractivity contribution is 0.671. The lowest BCUT2D eigenvalue weighted by atomic mass is 10.3. The number of hydrogen-bond acceptors (Lipinski definition) is 4. The van der Waals surface area contributed by atoms with Gasteiger partial charge in [-0.2, -0.15) is 5.10 Å². The van der Waals surface area contributed by atoms with Crippen LogP contribution in [0.1, 0.15) is 19.5 Å². The van der Waals surface area contributed by atoms with Gasteiger partial charge in [-0.1, -0.05) is 12.7 Å². The van der Waals surface area contributed by atoms with Crippen molar-refractivity contribution >= 4 is 23.8 Å². The molecule has 4 N–H and O–H groups in total. The Morgan fingerprint density at radius 3 is 2.83 bits per heavy atom. The van der Waals surface area contributed by atoms with E-state index >= 15 is 0 Å². The summed E-state index contributed by atoms with van der Waals surface area (Å²) in [6.07, 6.45) is 6.06. The van der Waals surface area contributed by atoms with Gasteiger partial charge < -0.3 is 11.5 Å². The molecule has 0 aliphatic heterocycles. The van der Waals surface area contributed by atoms with Gasteiger partial charge in [0, 0.05) is 5.70 Å². The Balaban J connectivity index is 3.02. The van der Waals surface area contributed by atoms with Crippen molar-refractivity contribution in [2.24, 2.45) is 10.7 Å². The predicted octanol–water partition coefficient (Wildman–Crippen LogP) is 2.16. The molecule has 1 heterocycles. The molecular formula is C12H16FN5.